The zero-order chi connectivity index (χ0) is 22.1. The van der Waals surface area contributed by atoms with Gasteiger partial charge in [-0.2, -0.15) is 4.98 Å². The first-order valence-corrected chi connectivity index (χ1v) is 12.2. The highest BCUT2D eigenvalue weighted by Crippen LogP contribution is 2.38. The molecule has 0 unspecified atom stereocenters. The number of oxazole rings is 1. The summed E-state index contributed by atoms with van der Waals surface area (Å²) in [5, 5.41) is -0.0713. The van der Waals surface area contributed by atoms with Gasteiger partial charge in [-0.3, -0.25) is 0 Å². The van der Waals surface area contributed by atoms with Crippen LogP contribution in [-0.2, 0) is 9.84 Å². The van der Waals surface area contributed by atoms with Gasteiger partial charge in [0.15, 0.2) is 11.5 Å². The number of likely N-dealkylation sites (N-methyl/N-ethyl adjacent to an activating group) is 1. The van der Waals surface area contributed by atoms with Gasteiger partial charge in [0.05, 0.1) is 4.90 Å². The van der Waals surface area contributed by atoms with E-state index in [2.05, 4.69) is 16.8 Å². The van der Waals surface area contributed by atoms with Gasteiger partial charge in [-0.25, -0.2) is 8.42 Å². The summed E-state index contributed by atoms with van der Waals surface area (Å²) in [7, 11) is -3.95. The fraction of sp³-hybridized carbons (Fsp3) is 0.348. The Hall–Kier alpha value is -3.04. The molecule has 0 saturated carbocycles. The van der Waals surface area contributed by atoms with E-state index in [9.17, 15) is 8.42 Å². The van der Waals surface area contributed by atoms with Gasteiger partial charge >= 0.3 is 0 Å². The van der Waals surface area contributed by atoms with E-state index < -0.39 is 9.84 Å². The molecule has 5 rings (SSSR count). The molecule has 0 spiro atoms. The maximum absolute atomic E-state index is 13.7. The van der Waals surface area contributed by atoms with E-state index >= 15 is 0 Å². The lowest BCUT2D eigenvalue weighted by molar-refractivity contribution is 0.171. The molecule has 0 aliphatic carbocycles. The lowest BCUT2D eigenvalue weighted by Crippen LogP contribution is -2.46. The number of fused-ring (bicyclic) bond motifs is 1. The van der Waals surface area contributed by atoms with Crippen molar-refractivity contribution >= 4 is 15.7 Å². The number of hydrogen-bond acceptors (Lipinski definition) is 8. The number of nitrogens with zero attached hydrogens (tertiary/aromatic N) is 3. The Morgan fingerprint density at radius 3 is 2.38 bits per heavy atom. The number of rotatable bonds is 5. The van der Waals surface area contributed by atoms with Gasteiger partial charge < -0.3 is 23.7 Å². The molecule has 2 aromatic carbocycles. The van der Waals surface area contributed by atoms with E-state index in [0.29, 0.717) is 37.8 Å². The molecule has 0 atom stereocenters. The van der Waals surface area contributed by atoms with Gasteiger partial charge in [-0.05, 0) is 30.8 Å². The van der Waals surface area contributed by atoms with Crippen LogP contribution in [0.2, 0.25) is 0 Å². The second-order valence-electron chi connectivity index (χ2n) is 7.73. The van der Waals surface area contributed by atoms with Crippen molar-refractivity contribution in [2.45, 2.75) is 16.8 Å². The van der Waals surface area contributed by atoms with Crippen molar-refractivity contribution in [3.8, 4) is 23.0 Å². The van der Waals surface area contributed by atoms with Crippen molar-refractivity contribution in [1.29, 1.82) is 0 Å². The number of sulfone groups is 1. The van der Waals surface area contributed by atoms with Crippen molar-refractivity contribution in [3.05, 3.63) is 48.5 Å². The molecule has 32 heavy (non-hydrogen) atoms. The minimum Gasteiger partial charge on any atom is -0.486 e. The van der Waals surface area contributed by atoms with Crippen molar-refractivity contribution in [2.75, 3.05) is 50.8 Å². The lowest BCUT2D eigenvalue weighted by Gasteiger charge is -2.33. The minimum atomic E-state index is -3.95. The minimum absolute atomic E-state index is 0.0713. The molecular formula is C23H25N3O5S. The van der Waals surface area contributed by atoms with Crippen molar-refractivity contribution < 1.29 is 22.3 Å². The van der Waals surface area contributed by atoms with Crippen LogP contribution in [0.5, 0.6) is 11.5 Å². The number of piperazine rings is 1. The first-order valence-electron chi connectivity index (χ1n) is 10.7. The first kappa shape index (κ1) is 20.8. The topological polar surface area (TPSA) is 85.1 Å². The third kappa shape index (κ3) is 3.82. The highest BCUT2D eigenvalue weighted by atomic mass is 32.2. The second kappa shape index (κ2) is 8.48. The zero-order valence-electron chi connectivity index (χ0n) is 17.9. The normalized spacial score (nSPS) is 16.8. The van der Waals surface area contributed by atoms with E-state index in [1.807, 2.05) is 35.2 Å². The van der Waals surface area contributed by atoms with Crippen LogP contribution >= 0.6 is 0 Å². The molecule has 0 bridgehead atoms. The van der Waals surface area contributed by atoms with Crippen LogP contribution in [0.15, 0.2) is 62.9 Å². The van der Waals surface area contributed by atoms with Crippen LogP contribution in [-0.4, -0.2) is 64.2 Å². The van der Waals surface area contributed by atoms with Gasteiger partial charge in [-0.15, -0.1) is 0 Å². The number of anilines is 1. The Morgan fingerprint density at radius 2 is 1.66 bits per heavy atom. The highest BCUT2D eigenvalue weighted by molar-refractivity contribution is 7.91. The number of benzene rings is 2. The molecule has 1 aromatic heterocycles. The lowest BCUT2D eigenvalue weighted by atomic mass is 10.2. The van der Waals surface area contributed by atoms with Crippen molar-refractivity contribution in [2.24, 2.45) is 0 Å². The molecular weight excluding hydrogens is 430 g/mol. The molecule has 2 aliphatic rings. The maximum Gasteiger partial charge on any atom is 0.236 e. The third-order valence-electron chi connectivity index (χ3n) is 5.79. The predicted molar refractivity (Wildman–Crippen MR) is 119 cm³/mol. The van der Waals surface area contributed by atoms with Gasteiger partial charge in [-0.1, -0.05) is 25.1 Å². The van der Waals surface area contributed by atoms with Gasteiger partial charge in [0.25, 0.3) is 0 Å². The second-order valence-corrected chi connectivity index (χ2v) is 9.59. The highest BCUT2D eigenvalue weighted by Gasteiger charge is 2.33. The molecule has 8 nitrogen and oxygen atoms in total. The van der Waals surface area contributed by atoms with Gasteiger partial charge in [0.1, 0.15) is 13.2 Å². The number of ether oxygens (including phenoxy) is 2. The molecule has 2 aliphatic heterocycles. The van der Waals surface area contributed by atoms with E-state index in [4.69, 9.17) is 13.9 Å². The van der Waals surface area contributed by atoms with E-state index in [1.165, 1.54) is 12.1 Å². The summed E-state index contributed by atoms with van der Waals surface area (Å²) in [5.74, 6) is 1.53. The van der Waals surface area contributed by atoms with Crippen molar-refractivity contribution in [3.63, 3.8) is 0 Å². The standard InChI is InChI=1S/C23H25N3O5S/c1-2-25-10-12-26(13-11-25)23-22(24-21(31-23)17-6-4-3-5-7-17)32(27,28)18-8-9-19-20(16-18)30-15-14-29-19/h3-9,16H,2,10-15H2,1H3. The van der Waals surface area contributed by atoms with Crippen LogP contribution in [0, 0.1) is 0 Å². The molecule has 9 heteroatoms. The van der Waals surface area contributed by atoms with Gasteiger partial charge in [0, 0.05) is 37.8 Å². The third-order valence-corrected chi connectivity index (χ3v) is 7.43. The van der Waals surface area contributed by atoms with E-state index in [-0.39, 0.29) is 21.7 Å². The Morgan fingerprint density at radius 1 is 0.938 bits per heavy atom. The monoisotopic (exact) mass is 455 g/mol. The Labute approximate surface area is 187 Å². The van der Waals surface area contributed by atoms with Crippen LogP contribution in [0.1, 0.15) is 6.92 Å². The van der Waals surface area contributed by atoms with Gasteiger partial charge in [0.2, 0.25) is 26.6 Å². The summed E-state index contributed by atoms with van der Waals surface area (Å²) >= 11 is 0. The maximum atomic E-state index is 13.7. The fourth-order valence-electron chi connectivity index (χ4n) is 3.95. The van der Waals surface area contributed by atoms with Crippen molar-refractivity contribution in [1.82, 2.24) is 9.88 Å². The van der Waals surface area contributed by atoms with Crippen LogP contribution in [0.4, 0.5) is 5.88 Å². The molecule has 3 heterocycles. The number of aromatic nitrogens is 1. The fourth-order valence-corrected chi connectivity index (χ4v) is 5.28. The zero-order valence-corrected chi connectivity index (χ0v) is 18.7. The summed E-state index contributed by atoms with van der Waals surface area (Å²) in [6.45, 7) is 6.91. The summed E-state index contributed by atoms with van der Waals surface area (Å²) in [6.07, 6.45) is 0. The Bertz CT molecular complexity index is 1200. The van der Waals surface area contributed by atoms with E-state index in [0.717, 1.165) is 25.2 Å². The number of hydrogen-bond donors (Lipinski definition) is 0. The van der Waals surface area contributed by atoms with Crippen LogP contribution in [0.25, 0.3) is 11.5 Å². The molecule has 0 radical (unpaired) electrons. The summed E-state index contributed by atoms with van der Waals surface area (Å²) in [6, 6.07) is 14.0. The van der Waals surface area contributed by atoms with Crippen LogP contribution < -0.4 is 14.4 Å². The predicted octanol–water partition coefficient (Wildman–Crippen LogP) is 3.09. The molecule has 1 saturated heterocycles. The average Bonchev–Trinajstić information content (AvgIpc) is 3.31. The summed E-state index contributed by atoms with van der Waals surface area (Å²) in [5.41, 5.74) is 0.726. The Balaban J connectivity index is 1.58. The molecule has 0 amide bonds. The molecule has 1 fully saturated rings. The summed E-state index contributed by atoms with van der Waals surface area (Å²) in [4.78, 5) is 8.86. The SMILES string of the molecule is CCN1CCN(c2oc(-c3ccccc3)nc2S(=O)(=O)c2ccc3c(c2)OCCO3)CC1. The molecule has 3 aromatic rings. The quantitative estimate of drug-likeness (QED) is 0.580. The average molecular weight is 456 g/mol. The first-order chi connectivity index (χ1) is 15.6. The van der Waals surface area contributed by atoms with Crippen LogP contribution in [0.3, 0.4) is 0 Å². The summed E-state index contributed by atoms with van der Waals surface area (Å²) < 4.78 is 44.6. The largest absolute Gasteiger partial charge is 0.486 e. The molecule has 168 valence electrons. The Kier molecular flexibility index (Phi) is 5.52. The smallest absolute Gasteiger partial charge is 0.236 e. The van der Waals surface area contributed by atoms with E-state index in [1.54, 1.807) is 6.07 Å². The molecule has 0 N–H and O–H groups in total.